The van der Waals surface area contributed by atoms with Gasteiger partial charge in [0.2, 0.25) is 0 Å². The maximum atomic E-state index is 4.23. The zero-order valence-corrected chi connectivity index (χ0v) is 13.0. The van der Waals surface area contributed by atoms with Crippen LogP contribution < -0.4 is 0 Å². The summed E-state index contributed by atoms with van der Waals surface area (Å²) in [6, 6.07) is 16.5. The van der Waals surface area contributed by atoms with Gasteiger partial charge in [0, 0.05) is 15.6 Å². The van der Waals surface area contributed by atoms with Gasteiger partial charge in [-0.1, -0.05) is 39.9 Å². The highest BCUT2D eigenvalue weighted by molar-refractivity contribution is 9.10. The predicted octanol–water partition coefficient (Wildman–Crippen LogP) is 4.71. The molecule has 0 heterocycles. The molecule has 0 saturated heterocycles. The van der Waals surface area contributed by atoms with Gasteiger partial charge in [-0.05, 0) is 60.6 Å². The number of benzene rings is 2. The van der Waals surface area contributed by atoms with Gasteiger partial charge in [0.1, 0.15) is 0 Å². The molecule has 19 heavy (non-hydrogen) atoms. The molecule has 0 N–H and O–H groups in total. The second-order valence-corrected chi connectivity index (χ2v) is 5.64. The number of hydrogen-bond donors (Lipinski definition) is 1. The highest BCUT2D eigenvalue weighted by atomic mass is 79.9. The van der Waals surface area contributed by atoms with E-state index in [0.29, 0.717) is 0 Å². The standard InChI is InChI=1S/C17H15BrS/c18-17-11-9-16(10-12-17)8-7-15-5-3-14(4-6-15)2-1-13-19/h3-6,9-12,19H,1-2,13H2. The molecular weight excluding hydrogens is 316 g/mol. The minimum atomic E-state index is 0.936. The van der Waals surface area contributed by atoms with Crippen LogP contribution in [0.1, 0.15) is 23.1 Å². The van der Waals surface area contributed by atoms with Gasteiger partial charge in [-0.15, -0.1) is 0 Å². The third-order valence-electron chi connectivity index (χ3n) is 2.77. The fraction of sp³-hybridized carbons (Fsp3) is 0.176. The van der Waals surface area contributed by atoms with Gasteiger partial charge in [-0.25, -0.2) is 0 Å². The SMILES string of the molecule is SCCCc1ccc(C#Cc2ccc(Br)cc2)cc1. The second-order valence-electron chi connectivity index (χ2n) is 4.28. The van der Waals surface area contributed by atoms with Crippen molar-refractivity contribution >= 4 is 28.6 Å². The van der Waals surface area contributed by atoms with E-state index in [1.807, 2.05) is 24.3 Å². The molecule has 2 heteroatoms. The Labute approximate surface area is 128 Å². The summed E-state index contributed by atoms with van der Waals surface area (Å²) < 4.78 is 1.08. The Hall–Kier alpha value is -1.17. The van der Waals surface area contributed by atoms with Crippen molar-refractivity contribution in [2.75, 3.05) is 5.75 Å². The summed E-state index contributed by atoms with van der Waals surface area (Å²) in [5, 5.41) is 0. The zero-order valence-electron chi connectivity index (χ0n) is 10.6. The molecule has 96 valence electrons. The lowest BCUT2D eigenvalue weighted by Gasteiger charge is -1.99. The van der Waals surface area contributed by atoms with Crippen molar-refractivity contribution in [2.45, 2.75) is 12.8 Å². The van der Waals surface area contributed by atoms with Crippen LogP contribution in [0, 0.1) is 11.8 Å². The molecular formula is C17H15BrS. The van der Waals surface area contributed by atoms with Crippen molar-refractivity contribution < 1.29 is 0 Å². The first-order valence-corrected chi connectivity index (χ1v) is 7.68. The monoisotopic (exact) mass is 330 g/mol. The molecule has 0 amide bonds. The Bertz CT molecular complexity index is 573. The third kappa shape index (κ3) is 4.78. The van der Waals surface area contributed by atoms with Crippen molar-refractivity contribution in [3.8, 4) is 11.8 Å². The molecule has 0 radical (unpaired) electrons. The van der Waals surface area contributed by atoms with Crippen LogP contribution in [0.4, 0.5) is 0 Å². The van der Waals surface area contributed by atoms with Crippen molar-refractivity contribution in [3.63, 3.8) is 0 Å². The predicted molar refractivity (Wildman–Crippen MR) is 88.7 cm³/mol. The molecule has 2 rings (SSSR count). The minimum absolute atomic E-state index is 0.936. The Morgan fingerprint density at radius 1 is 0.842 bits per heavy atom. The first-order valence-electron chi connectivity index (χ1n) is 6.25. The average Bonchev–Trinajstić information content (AvgIpc) is 2.46. The van der Waals surface area contributed by atoms with Gasteiger partial charge >= 0.3 is 0 Å². The van der Waals surface area contributed by atoms with Crippen LogP contribution in [0.5, 0.6) is 0 Å². The van der Waals surface area contributed by atoms with Crippen molar-refractivity contribution in [1.29, 1.82) is 0 Å². The molecule has 2 aromatic rings. The van der Waals surface area contributed by atoms with E-state index in [4.69, 9.17) is 0 Å². The lowest BCUT2D eigenvalue weighted by Crippen LogP contribution is -1.86. The zero-order chi connectivity index (χ0) is 13.5. The van der Waals surface area contributed by atoms with E-state index in [1.165, 1.54) is 5.56 Å². The van der Waals surface area contributed by atoms with E-state index in [0.717, 1.165) is 34.2 Å². The molecule has 0 aliphatic heterocycles. The summed E-state index contributed by atoms with van der Waals surface area (Å²) in [4.78, 5) is 0. The summed E-state index contributed by atoms with van der Waals surface area (Å²) in [5.74, 6) is 7.29. The van der Waals surface area contributed by atoms with E-state index < -0.39 is 0 Å². The molecule has 0 aliphatic rings. The van der Waals surface area contributed by atoms with Crippen molar-refractivity contribution in [1.82, 2.24) is 0 Å². The van der Waals surface area contributed by atoms with Crippen LogP contribution in [-0.4, -0.2) is 5.75 Å². The van der Waals surface area contributed by atoms with E-state index in [1.54, 1.807) is 0 Å². The molecule has 0 nitrogen and oxygen atoms in total. The first kappa shape index (κ1) is 14.2. The van der Waals surface area contributed by atoms with E-state index in [-0.39, 0.29) is 0 Å². The van der Waals surface area contributed by atoms with Gasteiger partial charge in [0.05, 0.1) is 0 Å². The Balaban J connectivity index is 2.05. The molecule has 0 atom stereocenters. The van der Waals surface area contributed by atoms with Crippen LogP contribution >= 0.6 is 28.6 Å². The number of aryl methyl sites for hydroxylation is 1. The Kier molecular flexibility index (Phi) is 5.57. The second kappa shape index (κ2) is 7.43. The van der Waals surface area contributed by atoms with Crippen LogP contribution in [0.2, 0.25) is 0 Å². The molecule has 2 aromatic carbocycles. The fourth-order valence-corrected chi connectivity index (χ4v) is 2.14. The van der Waals surface area contributed by atoms with E-state index >= 15 is 0 Å². The maximum absolute atomic E-state index is 4.23. The van der Waals surface area contributed by atoms with Crippen molar-refractivity contribution in [2.24, 2.45) is 0 Å². The average molecular weight is 331 g/mol. The summed E-state index contributed by atoms with van der Waals surface area (Å²) in [6.45, 7) is 0. The highest BCUT2D eigenvalue weighted by Crippen LogP contribution is 2.10. The third-order valence-corrected chi connectivity index (χ3v) is 3.62. The lowest BCUT2D eigenvalue weighted by molar-refractivity contribution is 0.936. The minimum Gasteiger partial charge on any atom is -0.179 e. The number of rotatable bonds is 3. The Morgan fingerprint density at radius 2 is 1.37 bits per heavy atom. The first-order chi connectivity index (χ1) is 9.28. The smallest absolute Gasteiger partial charge is 0.0249 e. The summed E-state index contributed by atoms with van der Waals surface area (Å²) in [6.07, 6.45) is 2.21. The van der Waals surface area contributed by atoms with Crippen molar-refractivity contribution in [3.05, 3.63) is 69.7 Å². The topological polar surface area (TPSA) is 0 Å². The van der Waals surface area contributed by atoms with Crippen LogP contribution in [0.15, 0.2) is 53.0 Å². The number of thiol groups is 1. The van der Waals surface area contributed by atoms with Gasteiger partial charge in [-0.3, -0.25) is 0 Å². The lowest BCUT2D eigenvalue weighted by atomic mass is 10.1. The fourth-order valence-electron chi connectivity index (χ4n) is 1.72. The molecule has 0 bridgehead atoms. The van der Waals surface area contributed by atoms with Gasteiger partial charge in [-0.2, -0.15) is 12.6 Å². The molecule has 0 unspecified atom stereocenters. The molecule has 0 saturated carbocycles. The maximum Gasteiger partial charge on any atom is 0.0249 e. The van der Waals surface area contributed by atoms with Gasteiger partial charge in [0.25, 0.3) is 0 Å². The largest absolute Gasteiger partial charge is 0.179 e. The van der Waals surface area contributed by atoms with Crippen LogP contribution in [-0.2, 0) is 6.42 Å². The molecule has 0 aliphatic carbocycles. The van der Waals surface area contributed by atoms with Crippen LogP contribution in [0.25, 0.3) is 0 Å². The molecule has 0 fully saturated rings. The highest BCUT2D eigenvalue weighted by Gasteiger charge is 1.93. The quantitative estimate of drug-likeness (QED) is 0.611. The van der Waals surface area contributed by atoms with E-state index in [9.17, 15) is 0 Å². The normalized spacial score (nSPS) is 9.79. The Morgan fingerprint density at radius 3 is 1.89 bits per heavy atom. The summed E-state index contributed by atoms with van der Waals surface area (Å²) in [5.41, 5.74) is 3.43. The number of hydrogen-bond acceptors (Lipinski definition) is 1. The molecule has 0 spiro atoms. The van der Waals surface area contributed by atoms with Gasteiger partial charge in [0.15, 0.2) is 0 Å². The summed E-state index contributed by atoms with van der Waals surface area (Å²) >= 11 is 7.64. The van der Waals surface area contributed by atoms with Gasteiger partial charge < -0.3 is 0 Å². The van der Waals surface area contributed by atoms with Crippen LogP contribution in [0.3, 0.4) is 0 Å². The number of halogens is 1. The summed E-state index contributed by atoms with van der Waals surface area (Å²) in [7, 11) is 0. The van der Waals surface area contributed by atoms with E-state index in [2.05, 4.69) is 64.7 Å². The molecule has 0 aromatic heterocycles.